The molecule has 0 aliphatic rings. The topological polar surface area (TPSA) is 81.7 Å². The molecule has 0 fully saturated rings. The van der Waals surface area contributed by atoms with Crippen LogP contribution in [0.1, 0.15) is 27.6 Å². The molecule has 6 nitrogen and oxygen atoms in total. The smallest absolute Gasteiger partial charge is 0.338 e. The lowest BCUT2D eigenvalue weighted by molar-refractivity contribution is -0.114. The van der Waals surface area contributed by atoms with Crippen molar-refractivity contribution in [2.75, 3.05) is 19.0 Å². The van der Waals surface area contributed by atoms with E-state index >= 15 is 0 Å². The highest BCUT2D eigenvalue weighted by molar-refractivity contribution is 9.10. The minimum atomic E-state index is -0.615. The van der Waals surface area contributed by atoms with Gasteiger partial charge in [0.05, 0.1) is 17.1 Å². The summed E-state index contributed by atoms with van der Waals surface area (Å²) in [5, 5.41) is 2.60. The molecule has 0 saturated heterocycles. The number of amides is 1. The van der Waals surface area contributed by atoms with Crippen LogP contribution >= 0.6 is 15.9 Å². The van der Waals surface area contributed by atoms with Gasteiger partial charge in [-0.1, -0.05) is 0 Å². The standard InChI is InChI=1S/C18H16BrNO5/c1-11(21)20-14-6-3-12(4-7-14)18(23)25-10-16(22)13-5-8-17(24-2)15(19)9-13/h3-9H,10H2,1-2H3,(H,20,21). The number of halogens is 1. The third-order valence-corrected chi connectivity index (χ3v) is 3.87. The summed E-state index contributed by atoms with van der Waals surface area (Å²) in [4.78, 5) is 35.1. The normalized spacial score (nSPS) is 10.0. The van der Waals surface area contributed by atoms with Crippen molar-refractivity contribution >= 4 is 39.3 Å². The van der Waals surface area contributed by atoms with Crippen LogP contribution in [0.3, 0.4) is 0 Å². The average Bonchev–Trinajstić information content (AvgIpc) is 2.59. The largest absolute Gasteiger partial charge is 0.496 e. The Bertz CT molecular complexity index is 802. The first-order valence-corrected chi connectivity index (χ1v) is 8.11. The summed E-state index contributed by atoms with van der Waals surface area (Å²) in [5.74, 6) is -0.541. The van der Waals surface area contributed by atoms with Crippen LogP contribution in [0.5, 0.6) is 5.75 Å². The van der Waals surface area contributed by atoms with E-state index in [2.05, 4.69) is 21.2 Å². The zero-order valence-corrected chi connectivity index (χ0v) is 15.3. The summed E-state index contributed by atoms with van der Waals surface area (Å²) in [6, 6.07) is 11.1. The lowest BCUT2D eigenvalue weighted by atomic mass is 10.1. The van der Waals surface area contributed by atoms with E-state index in [-0.39, 0.29) is 23.9 Å². The van der Waals surface area contributed by atoms with Crippen molar-refractivity contribution in [3.05, 3.63) is 58.1 Å². The van der Waals surface area contributed by atoms with Gasteiger partial charge in [0.2, 0.25) is 5.91 Å². The summed E-state index contributed by atoms with van der Waals surface area (Å²) in [6.07, 6.45) is 0. The Hall–Kier alpha value is -2.67. The van der Waals surface area contributed by atoms with E-state index in [1.807, 2.05) is 0 Å². The number of ether oxygens (including phenoxy) is 2. The second-order valence-corrected chi connectivity index (χ2v) is 5.96. The predicted octanol–water partition coefficient (Wildman–Crippen LogP) is 3.46. The molecule has 0 aromatic heterocycles. The molecule has 0 heterocycles. The highest BCUT2D eigenvalue weighted by atomic mass is 79.9. The third-order valence-electron chi connectivity index (χ3n) is 3.25. The molecule has 0 aliphatic heterocycles. The first-order chi connectivity index (χ1) is 11.9. The first-order valence-electron chi connectivity index (χ1n) is 7.32. The number of benzene rings is 2. The van der Waals surface area contributed by atoms with E-state index in [1.165, 1.54) is 26.2 Å². The Morgan fingerprint density at radius 1 is 1.04 bits per heavy atom. The van der Waals surface area contributed by atoms with Crippen molar-refractivity contribution in [2.45, 2.75) is 6.92 Å². The maximum atomic E-state index is 12.1. The van der Waals surface area contributed by atoms with Gasteiger partial charge < -0.3 is 14.8 Å². The lowest BCUT2D eigenvalue weighted by Crippen LogP contribution is -2.14. The van der Waals surface area contributed by atoms with E-state index in [4.69, 9.17) is 9.47 Å². The van der Waals surface area contributed by atoms with Crippen molar-refractivity contribution in [2.24, 2.45) is 0 Å². The van der Waals surface area contributed by atoms with Gasteiger partial charge in [-0.15, -0.1) is 0 Å². The minimum Gasteiger partial charge on any atom is -0.496 e. The van der Waals surface area contributed by atoms with E-state index in [0.29, 0.717) is 21.5 Å². The fourth-order valence-electron chi connectivity index (χ4n) is 2.03. The van der Waals surface area contributed by atoms with Gasteiger partial charge in [0.15, 0.2) is 12.4 Å². The van der Waals surface area contributed by atoms with Crippen molar-refractivity contribution in [1.29, 1.82) is 0 Å². The van der Waals surface area contributed by atoms with Crippen molar-refractivity contribution in [1.82, 2.24) is 0 Å². The number of hydrogen-bond acceptors (Lipinski definition) is 5. The third kappa shape index (κ3) is 5.15. The summed E-state index contributed by atoms with van der Waals surface area (Å²) in [5.41, 5.74) is 1.27. The molecule has 1 amide bonds. The fourth-order valence-corrected chi connectivity index (χ4v) is 2.57. The SMILES string of the molecule is COc1ccc(C(=O)COC(=O)c2ccc(NC(C)=O)cc2)cc1Br. The maximum absolute atomic E-state index is 12.1. The fraction of sp³-hybridized carbons (Fsp3) is 0.167. The molecule has 0 aliphatic carbocycles. The van der Waals surface area contributed by atoms with Crippen LogP contribution in [0, 0.1) is 0 Å². The van der Waals surface area contributed by atoms with Crippen LogP contribution in [0.15, 0.2) is 46.9 Å². The second kappa shape index (κ2) is 8.43. The number of carbonyl (C=O) groups is 3. The molecular formula is C18H16BrNO5. The van der Waals surface area contributed by atoms with Crippen LogP contribution in [-0.2, 0) is 9.53 Å². The molecule has 130 valence electrons. The number of esters is 1. The van der Waals surface area contributed by atoms with Crippen LogP contribution in [0.25, 0.3) is 0 Å². The molecule has 0 spiro atoms. The Kier molecular flexibility index (Phi) is 6.30. The first kappa shape index (κ1) is 18.7. The van der Waals surface area contributed by atoms with Crippen LogP contribution < -0.4 is 10.1 Å². The van der Waals surface area contributed by atoms with Crippen molar-refractivity contribution < 1.29 is 23.9 Å². The Morgan fingerprint density at radius 2 is 1.68 bits per heavy atom. The monoisotopic (exact) mass is 405 g/mol. The maximum Gasteiger partial charge on any atom is 0.338 e. The number of anilines is 1. The zero-order valence-electron chi connectivity index (χ0n) is 13.7. The summed E-state index contributed by atoms with van der Waals surface area (Å²) in [7, 11) is 1.53. The number of carbonyl (C=O) groups excluding carboxylic acids is 3. The molecule has 2 aromatic carbocycles. The van der Waals surface area contributed by atoms with Crippen molar-refractivity contribution in [3.63, 3.8) is 0 Å². The van der Waals surface area contributed by atoms with E-state index in [0.717, 1.165) is 0 Å². The van der Waals surface area contributed by atoms with Crippen LogP contribution in [-0.4, -0.2) is 31.4 Å². The zero-order chi connectivity index (χ0) is 18.4. The van der Waals surface area contributed by atoms with E-state index in [9.17, 15) is 14.4 Å². The number of rotatable bonds is 6. The second-order valence-electron chi connectivity index (χ2n) is 5.11. The van der Waals surface area contributed by atoms with Gasteiger partial charge in [0, 0.05) is 18.2 Å². The van der Waals surface area contributed by atoms with Gasteiger partial charge >= 0.3 is 5.97 Å². The number of methoxy groups -OCH3 is 1. The van der Waals surface area contributed by atoms with Gasteiger partial charge in [0.1, 0.15) is 5.75 Å². The number of ketones is 1. The summed E-state index contributed by atoms with van der Waals surface area (Å²) in [6.45, 7) is 1.02. The number of Topliss-reactive ketones (excluding diaryl/α,β-unsaturated/α-hetero) is 1. The highest BCUT2D eigenvalue weighted by Crippen LogP contribution is 2.25. The molecule has 1 N–H and O–H groups in total. The average molecular weight is 406 g/mol. The Balaban J connectivity index is 1.96. The van der Waals surface area contributed by atoms with E-state index < -0.39 is 5.97 Å². The molecule has 0 atom stereocenters. The highest BCUT2D eigenvalue weighted by Gasteiger charge is 2.13. The summed E-state index contributed by atoms with van der Waals surface area (Å²) < 4.78 is 10.8. The molecule has 2 aromatic rings. The Labute approximate surface area is 153 Å². The Morgan fingerprint density at radius 3 is 2.24 bits per heavy atom. The molecule has 0 unspecified atom stereocenters. The number of hydrogen-bond donors (Lipinski definition) is 1. The molecule has 0 saturated carbocycles. The van der Waals surface area contributed by atoms with Gasteiger partial charge in [-0.05, 0) is 58.4 Å². The number of nitrogens with one attached hydrogen (secondary N) is 1. The minimum absolute atomic E-state index is 0.202. The quantitative estimate of drug-likeness (QED) is 0.587. The van der Waals surface area contributed by atoms with Crippen LogP contribution in [0.4, 0.5) is 5.69 Å². The molecule has 0 radical (unpaired) electrons. The molecule has 25 heavy (non-hydrogen) atoms. The van der Waals surface area contributed by atoms with Gasteiger partial charge in [0.25, 0.3) is 0 Å². The van der Waals surface area contributed by atoms with Crippen LogP contribution in [0.2, 0.25) is 0 Å². The van der Waals surface area contributed by atoms with Gasteiger partial charge in [-0.2, -0.15) is 0 Å². The lowest BCUT2D eigenvalue weighted by Gasteiger charge is -2.07. The molecular weight excluding hydrogens is 390 g/mol. The summed E-state index contributed by atoms with van der Waals surface area (Å²) >= 11 is 3.30. The van der Waals surface area contributed by atoms with Gasteiger partial charge in [-0.25, -0.2) is 4.79 Å². The predicted molar refractivity (Wildman–Crippen MR) is 96.1 cm³/mol. The van der Waals surface area contributed by atoms with E-state index in [1.54, 1.807) is 30.3 Å². The molecule has 2 rings (SSSR count). The molecule has 7 heteroatoms. The van der Waals surface area contributed by atoms with Gasteiger partial charge in [-0.3, -0.25) is 9.59 Å². The van der Waals surface area contributed by atoms with Crippen molar-refractivity contribution in [3.8, 4) is 5.75 Å². The molecule has 0 bridgehead atoms.